The van der Waals surface area contributed by atoms with E-state index in [0.29, 0.717) is 0 Å². The van der Waals surface area contributed by atoms with Crippen molar-refractivity contribution in [2.45, 2.75) is 64.8 Å². The number of hydrogen-bond donors (Lipinski definition) is 1. The molecule has 2 bridgehead atoms. The van der Waals surface area contributed by atoms with Gasteiger partial charge in [0.15, 0.2) is 0 Å². The molecule has 3 aliphatic carbocycles. The molecule has 1 N–H and O–H groups in total. The molecule has 1 heteroatoms. The smallest absolute Gasteiger partial charge is 0.0123 e. The molecule has 104 valence electrons. The second-order valence-corrected chi connectivity index (χ2v) is 7.83. The third-order valence-corrected chi connectivity index (χ3v) is 6.31. The van der Waals surface area contributed by atoms with Crippen LogP contribution >= 0.6 is 0 Å². The van der Waals surface area contributed by atoms with Crippen molar-refractivity contribution in [3.05, 3.63) is 0 Å². The van der Waals surface area contributed by atoms with Crippen molar-refractivity contribution >= 4 is 0 Å². The third-order valence-electron chi connectivity index (χ3n) is 6.31. The molecule has 0 heterocycles. The van der Waals surface area contributed by atoms with Crippen LogP contribution in [0.4, 0.5) is 0 Å². The van der Waals surface area contributed by atoms with Crippen LogP contribution in [0.5, 0.6) is 0 Å². The Hall–Kier alpha value is -0.0400. The van der Waals surface area contributed by atoms with Gasteiger partial charge in [-0.15, -0.1) is 0 Å². The minimum atomic E-state index is 0.825. The highest BCUT2D eigenvalue weighted by Crippen LogP contribution is 2.51. The molecule has 3 aliphatic rings. The van der Waals surface area contributed by atoms with E-state index >= 15 is 0 Å². The van der Waals surface area contributed by atoms with Crippen LogP contribution < -0.4 is 5.32 Å². The molecule has 3 rings (SSSR count). The molecule has 1 nitrogen and oxygen atoms in total. The number of nitrogens with one attached hydrogen (secondary N) is 1. The monoisotopic (exact) mass is 249 g/mol. The Bertz CT molecular complexity index is 277. The highest BCUT2D eigenvalue weighted by molar-refractivity contribution is 4.98. The summed E-state index contributed by atoms with van der Waals surface area (Å²) in [6.07, 6.45) is 10.6. The lowest BCUT2D eigenvalue weighted by atomic mass is 9.68. The van der Waals surface area contributed by atoms with Crippen molar-refractivity contribution < 1.29 is 0 Å². The summed E-state index contributed by atoms with van der Waals surface area (Å²) in [6, 6.07) is 0.825. The zero-order valence-corrected chi connectivity index (χ0v) is 12.5. The van der Waals surface area contributed by atoms with Gasteiger partial charge in [-0.3, -0.25) is 0 Å². The van der Waals surface area contributed by atoms with Crippen LogP contribution in [0.15, 0.2) is 0 Å². The molecule has 0 aromatic carbocycles. The van der Waals surface area contributed by atoms with Gasteiger partial charge in [-0.1, -0.05) is 20.3 Å². The fraction of sp³-hybridized carbons (Fsp3) is 1.00. The topological polar surface area (TPSA) is 12.0 Å². The van der Waals surface area contributed by atoms with E-state index in [1.54, 1.807) is 6.42 Å². The average Bonchev–Trinajstić information content (AvgIpc) is 2.90. The summed E-state index contributed by atoms with van der Waals surface area (Å²) in [5.74, 6) is 6.03. The van der Waals surface area contributed by atoms with Crippen LogP contribution in [0.2, 0.25) is 0 Å². The van der Waals surface area contributed by atoms with E-state index in [0.717, 1.165) is 41.5 Å². The van der Waals surface area contributed by atoms with Gasteiger partial charge in [-0.05, 0) is 81.1 Å². The molecule has 0 aromatic rings. The molecule has 6 atom stereocenters. The standard InChI is InChI=1S/C17H31N/c1-11-6-12(2)8-15(7-11)17(18-3)16-10-13-4-5-14(16)9-13/h11-18H,4-10H2,1-3H3. The summed E-state index contributed by atoms with van der Waals surface area (Å²) in [5, 5.41) is 3.74. The molecule has 0 amide bonds. The predicted octanol–water partition coefficient (Wildman–Crippen LogP) is 4.08. The van der Waals surface area contributed by atoms with Crippen molar-refractivity contribution in [3.63, 3.8) is 0 Å². The highest BCUT2D eigenvalue weighted by Gasteiger charge is 2.45. The Morgan fingerprint density at radius 2 is 1.61 bits per heavy atom. The van der Waals surface area contributed by atoms with Crippen molar-refractivity contribution in [1.29, 1.82) is 0 Å². The second kappa shape index (κ2) is 5.15. The van der Waals surface area contributed by atoms with Gasteiger partial charge in [0.25, 0.3) is 0 Å². The predicted molar refractivity (Wildman–Crippen MR) is 77.5 cm³/mol. The van der Waals surface area contributed by atoms with Crippen LogP contribution in [-0.4, -0.2) is 13.1 Å². The molecule has 3 fully saturated rings. The molecule has 0 aromatic heterocycles. The summed E-state index contributed by atoms with van der Waals surface area (Å²) < 4.78 is 0. The van der Waals surface area contributed by atoms with E-state index < -0.39 is 0 Å². The summed E-state index contributed by atoms with van der Waals surface area (Å²) in [7, 11) is 2.22. The maximum atomic E-state index is 3.74. The first-order chi connectivity index (χ1) is 8.67. The molecule has 18 heavy (non-hydrogen) atoms. The molecule has 0 saturated heterocycles. The maximum absolute atomic E-state index is 3.74. The SMILES string of the molecule is CNC(C1CC(C)CC(C)C1)C1CC2CCC1C2. The molecule has 0 aliphatic heterocycles. The third kappa shape index (κ3) is 2.35. The van der Waals surface area contributed by atoms with Gasteiger partial charge in [0.05, 0.1) is 0 Å². The van der Waals surface area contributed by atoms with Gasteiger partial charge in [-0.25, -0.2) is 0 Å². The van der Waals surface area contributed by atoms with E-state index in [-0.39, 0.29) is 0 Å². The summed E-state index contributed by atoms with van der Waals surface area (Å²) >= 11 is 0. The van der Waals surface area contributed by atoms with Crippen molar-refractivity contribution in [1.82, 2.24) is 5.32 Å². The normalized spacial score (nSPS) is 49.5. The van der Waals surface area contributed by atoms with Crippen LogP contribution in [0.3, 0.4) is 0 Å². The fourth-order valence-electron chi connectivity index (χ4n) is 5.84. The lowest BCUT2D eigenvalue weighted by Crippen LogP contribution is -2.45. The zero-order chi connectivity index (χ0) is 12.7. The van der Waals surface area contributed by atoms with E-state index in [4.69, 9.17) is 0 Å². The molecular weight excluding hydrogens is 218 g/mol. The van der Waals surface area contributed by atoms with Gasteiger partial charge in [0.2, 0.25) is 0 Å². The van der Waals surface area contributed by atoms with Gasteiger partial charge < -0.3 is 5.32 Å². The van der Waals surface area contributed by atoms with Crippen molar-refractivity contribution in [2.24, 2.45) is 35.5 Å². The summed E-state index contributed by atoms with van der Waals surface area (Å²) in [4.78, 5) is 0. The van der Waals surface area contributed by atoms with Gasteiger partial charge in [0.1, 0.15) is 0 Å². The minimum Gasteiger partial charge on any atom is -0.316 e. The summed E-state index contributed by atoms with van der Waals surface area (Å²) in [5.41, 5.74) is 0. The molecule has 6 unspecified atom stereocenters. The van der Waals surface area contributed by atoms with E-state index in [2.05, 4.69) is 26.2 Å². The lowest BCUT2D eigenvalue weighted by molar-refractivity contribution is 0.123. The lowest BCUT2D eigenvalue weighted by Gasteiger charge is -2.41. The molecule has 0 radical (unpaired) electrons. The van der Waals surface area contributed by atoms with Crippen LogP contribution in [0.25, 0.3) is 0 Å². The Balaban J connectivity index is 1.68. The zero-order valence-electron chi connectivity index (χ0n) is 12.5. The van der Waals surface area contributed by atoms with E-state index in [1.165, 1.54) is 38.5 Å². The Morgan fingerprint density at radius 3 is 2.11 bits per heavy atom. The van der Waals surface area contributed by atoms with E-state index in [1.807, 2.05) is 0 Å². The minimum absolute atomic E-state index is 0.825. The number of hydrogen-bond acceptors (Lipinski definition) is 1. The first-order valence-corrected chi connectivity index (χ1v) is 8.34. The molecule has 3 saturated carbocycles. The first-order valence-electron chi connectivity index (χ1n) is 8.34. The molecular formula is C17H31N. The second-order valence-electron chi connectivity index (χ2n) is 7.83. The molecule has 0 spiro atoms. The number of fused-ring (bicyclic) bond motifs is 2. The van der Waals surface area contributed by atoms with Crippen molar-refractivity contribution in [3.8, 4) is 0 Å². The largest absolute Gasteiger partial charge is 0.316 e. The summed E-state index contributed by atoms with van der Waals surface area (Å²) in [6.45, 7) is 4.94. The van der Waals surface area contributed by atoms with Crippen LogP contribution in [-0.2, 0) is 0 Å². The van der Waals surface area contributed by atoms with Crippen LogP contribution in [0.1, 0.15) is 58.8 Å². The maximum Gasteiger partial charge on any atom is 0.0123 e. The van der Waals surface area contributed by atoms with Gasteiger partial charge in [-0.2, -0.15) is 0 Å². The average molecular weight is 249 g/mol. The van der Waals surface area contributed by atoms with Gasteiger partial charge >= 0.3 is 0 Å². The fourth-order valence-corrected chi connectivity index (χ4v) is 5.84. The van der Waals surface area contributed by atoms with Crippen molar-refractivity contribution in [2.75, 3.05) is 7.05 Å². The Morgan fingerprint density at radius 1 is 0.889 bits per heavy atom. The quantitative estimate of drug-likeness (QED) is 0.794. The van der Waals surface area contributed by atoms with Gasteiger partial charge in [0, 0.05) is 6.04 Å². The highest BCUT2D eigenvalue weighted by atomic mass is 14.9. The first kappa shape index (κ1) is 13.0. The van der Waals surface area contributed by atoms with E-state index in [9.17, 15) is 0 Å². The Kier molecular flexibility index (Phi) is 3.71. The Labute approximate surface area is 113 Å². The number of rotatable bonds is 3. The van der Waals surface area contributed by atoms with Crippen LogP contribution in [0, 0.1) is 35.5 Å².